The lowest BCUT2D eigenvalue weighted by Crippen LogP contribution is -2.50. The Kier molecular flexibility index (Phi) is 5.19. The van der Waals surface area contributed by atoms with Crippen LogP contribution in [-0.2, 0) is 0 Å². The van der Waals surface area contributed by atoms with E-state index in [1.165, 1.54) is 22.5 Å². The van der Waals surface area contributed by atoms with Crippen LogP contribution in [0.25, 0.3) is 0 Å². The smallest absolute Gasteiger partial charge is 0.321 e. The molecule has 7 heteroatoms. The molecule has 0 atom stereocenters. The quantitative estimate of drug-likeness (QED) is 0.668. The van der Waals surface area contributed by atoms with Gasteiger partial charge in [0.05, 0.1) is 4.88 Å². The number of likely N-dealkylation sites (tertiary alicyclic amines) is 2. The lowest BCUT2D eigenvalue weighted by Gasteiger charge is -2.40. The standard InChI is InChI=1S/C24H24N4O2S/c1-16-8-10-31-22(16)23(29)27-12-19(13-27)17-4-6-21(7-5-17)26-24(30)28-14-20(15-28)18-3-2-9-25-11-18/h2-11,19-20H,12-15H2,1H3,(H,26,30). The van der Waals surface area contributed by atoms with Gasteiger partial charge >= 0.3 is 6.03 Å². The van der Waals surface area contributed by atoms with Crippen molar-refractivity contribution in [2.45, 2.75) is 18.8 Å². The predicted molar refractivity (Wildman–Crippen MR) is 122 cm³/mol. The van der Waals surface area contributed by atoms with Crippen LogP contribution in [-0.4, -0.2) is 52.9 Å². The first-order valence-electron chi connectivity index (χ1n) is 10.5. The highest BCUT2D eigenvalue weighted by Gasteiger charge is 2.34. The van der Waals surface area contributed by atoms with Gasteiger partial charge in [0.15, 0.2) is 0 Å². The largest absolute Gasteiger partial charge is 0.337 e. The average Bonchev–Trinajstić information content (AvgIpc) is 3.14. The van der Waals surface area contributed by atoms with Gasteiger partial charge in [0.25, 0.3) is 5.91 Å². The van der Waals surface area contributed by atoms with Crippen molar-refractivity contribution in [3.8, 4) is 0 Å². The minimum atomic E-state index is -0.0698. The van der Waals surface area contributed by atoms with Gasteiger partial charge in [-0.25, -0.2) is 4.79 Å². The van der Waals surface area contributed by atoms with E-state index in [0.29, 0.717) is 24.9 Å². The number of amides is 3. The highest BCUT2D eigenvalue weighted by Crippen LogP contribution is 2.31. The van der Waals surface area contributed by atoms with Crippen molar-refractivity contribution in [2.24, 2.45) is 0 Å². The third kappa shape index (κ3) is 3.93. The zero-order valence-corrected chi connectivity index (χ0v) is 18.1. The number of pyridine rings is 1. The number of anilines is 1. The first-order chi connectivity index (χ1) is 15.1. The fraction of sp³-hybridized carbons (Fsp3) is 0.292. The van der Waals surface area contributed by atoms with E-state index in [0.717, 1.165) is 29.2 Å². The fourth-order valence-corrected chi connectivity index (χ4v) is 5.00. The van der Waals surface area contributed by atoms with E-state index in [9.17, 15) is 9.59 Å². The first-order valence-corrected chi connectivity index (χ1v) is 11.4. The number of aromatic nitrogens is 1. The van der Waals surface area contributed by atoms with Crippen LogP contribution < -0.4 is 5.32 Å². The van der Waals surface area contributed by atoms with Crippen molar-refractivity contribution >= 4 is 29.0 Å². The van der Waals surface area contributed by atoms with E-state index in [-0.39, 0.29) is 11.9 Å². The normalized spacial score (nSPS) is 16.5. The molecule has 31 heavy (non-hydrogen) atoms. The molecule has 2 aromatic heterocycles. The lowest BCUT2D eigenvalue weighted by molar-refractivity contribution is 0.0607. The Hall–Kier alpha value is -3.19. The van der Waals surface area contributed by atoms with E-state index in [1.807, 2.05) is 64.7 Å². The third-order valence-corrected chi connectivity index (χ3v) is 7.19. The second kappa shape index (κ2) is 8.15. The van der Waals surface area contributed by atoms with Gasteiger partial charge in [-0.1, -0.05) is 18.2 Å². The van der Waals surface area contributed by atoms with Crippen LogP contribution in [0.5, 0.6) is 0 Å². The van der Waals surface area contributed by atoms with Crippen molar-refractivity contribution in [2.75, 3.05) is 31.5 Å². The molecule has 2 saturated heterocycles. The number of carbonyl (C=O) groups excluding carboxylic acids is 2. The van der Waals surface area contributed by atoms with Crippen molar-refractivity contribution in [3.63, 3.8) is 0 Å². The molecule has 0 aliphatic carbocycles. The van der Waals surface area contributed by atoms with E-state index in [2.05, 4.69) is 16.4 Å². The molecule has 0 spiro atoms. The van der Waals surface area contributed by atoms with Gasteiger partial charge < -0.3 is 15.1 Å². The second-order valence-electron chi connectivity index (χ2n) is 8.28. The Balaban J connectivity index is 1.11. The summed E-state index contributed by atoms with van der Waals surface area (Å²) in [6, 6.07) is 13.9. The zero-order chi connectivity index (χ0) is 21.4. The molecule has 4 heterocycles. The molecule has 6 nitrogen and oxygen atoms in total. The maximum Gasteiger partial charge on any atom is 0.321 e. The number of urea groups is 1. The van der Waals surface area contributed by atoms with E-state index < -0.39 is 0 Å². The zero-order valence-electron chi connectivity index (χ0n) is 17.3. The number of hydrogen-bond acceptors (Lipinski definition) is 4. The van der Waals surface area contributed by atoms with Crippen LogP contribution in [0.2, 0.25) is 0 Å². The van der Waals surface area contributed by atoms with Gasteiger partial charge in [-0.3, -0.25) is 9.78 Å². The second-order valence-corrected chi connectivity index (χ2v) is 9.20. The Morgan fingerprint density at radius 1 is 0.968 bits per heavy atom. The summed E-state index contributed by atoms with van der Waals surface area (Å²) < 4.78 is 0. The number of nitrogens with zero attached hydrogens (tertiary/aromatic N) is 3. The molecule has 3 amide bonds. The van der Waals surface area contributed by atoms with E-state index >= 15 is 0 Å². The molecule has 0 bridgehead atoms. The van der Waals surface area contributed by atoms with Gasteiger partial charge in [0.1, 0.15) is 0 Å². The molecular formula is C24H24N4O2S. The molecule has 3 aromatic rings. The first kappa shape index (κ1) is 19.8. The number of hydrogen-bond donors (Lipinski definition) is 1. The van der Waals surface area contributed by atoms with Crippen molar-refractivity contribution in [1.29, 1.82) is 0 Å². The molecule has 2 fully saturated rings. The molecule has 158 valence electrons. The highest BCUT2D eigenvalue weighted by atomic mass is 32.1. The molecule has 5 rings (SSSR count). The number of rotatable bonds is 4. The summed E-state index contributed by atoms with van der Waals surface area (Å²) in [7, 11) is 0. The highest BCUT2D eigenvalue weighted by molar-refractivity contribution is 7.12. The van der Waals surface area contributed by atoms with Gasteiger partial charge in [-0.2, -0.15) is 0 Å². The minimum Gasteiger partial charge on any atom is -0.337 e. The van der Waals surface area contributed by atoms with E-state index in [1.54, 1.807) is 6.20 Å². The van der Waals surface area contributed by atoms with Gasteiger partial charge in [0, 0.05) is 56.1 Å². The van der Waals surface area contributed by atoms with Crippen LogP contribution in [0.3, 0.4) is 0 Å². The Bertz CT molecular complexity index is 1080. The van der Waals surface area contributed by atoms with Gasteiger partial charge in [-0.05, 0) is 53.3 Å². The Labute approximate surface area is 185 Å². The van der Waals surface area contributed by atoms with Crippen molar-refractivity contribution in [3.05, 3.63) is 81.8 Å². The number of thiophene rings is 1. The monoisotopic (exact) mass is 432 g/mol. The van der Waals surface area contributed by atoms with E-state index in [4.69, 9.17) is 0 Å². The van der Waals surface area contributed by atoms with Crippen LogP contribution in [0.4, 0.5) is 10.5 Å². The van der Waals surface area contributed by atoms with Crippen LogP contribution >= 0.6 is 11.3 Å². The lowest BCUT2D eigenvalue weighted by atomic mass is 9.91. The van der Waals surface area contributed by atoms with Crippen LogP contribution in [0.15, 0.2) is 60.2 Å². The molecular weight excluding hydrogens is 408 g/mol. The summed E-state index contributed by atoms with van der Waals surface area (Å²) in [6.07, 6.45) is 3.63. The summed E-state index contributed by atoms with van der Waals surface area (Å²) in [5.74, 6) is 0.848. The summed E-state index contributed by atoms with van der Waals surface area (Å²) in [5, 5.41) is 4.94. The topological polar surface area (TPSA) is 65.5 Å². The summed E-state index contributed by atoms with van der Waals surface area (Å²) >= 11 is 1.51. The number of carbonyl (C=O) groups is 2. The summed E-state index contributed by atoms with van der Waals surface area (Å²) in [5.41, 5.74) is 4.22. The number of aryl methyl sites for hydroxylation is 1. The molecule has 0 radical (unpaired) electrons. The third-order valence-electron chi connectivity index (χ3n) is 6.18. The summed E-state index contributed by atoms with van der Waals surface area (Å²) in [4.78, 5) is 33.7. The molecule has 0 unspecified atom stereocenters. The number of benzene rings is 1. The maximum absolute atomic E-state index is 12.6. The molecule has 2 aliphatic heterocycles. The Morgan fingerprint density at radius 3 is 2.32 bits per heavy atom. The van der Waals surface area contributed by atoms with Crippen molar-refractivity contribution in [1.82, 2.24) is 14.8 Å². The van der Waals surface area contributed by atoms with Crippen LogP contribution in [0, 0.1) is 6.92 Å². The van der Waals surface area contributed by atoms with Crippen LogP contribution in [0.1, 0.15) is 38.2 Å². The predicted octanol–water partition coefficient (Wildman–Crippen LogP) is 4.32. The average molecular weight is 433 g/mol. The van der Waals surface area contributed by atoms with Gasteiger partial charge in [-0.15, -0.1) is 11.3 Å². The molecule has 1 aromatic carbocycles. The van der Waals surface area contributed by atoms with Crippen molar-refractivity contribution < 1.29 is 9.59 Å². The Morgan fingerprint density at radius 2 is 1.68 bits per heavy atom. The molecule has 1 N–H and O–H groups in total. The minimum absolute atomic E-state index is 0.0698. The molecule has 0 saturated carbocycles. The van der Waals surface area contributed by atoms with Gasteiger partial charge in [0.2, 0.25) is 0 Å². The SMILES string of the molecule is Cc1ccsc1C(=O)N1CC(c2ccc(NC(=O)N3CC(c4cccnc4)C3)cc2)C1. The molecule has 2 aliphatic rings. The number of nitrogens with one attached hydrogen (secondary N) is 1. The fourth-order valence-electron chi connectivity index (χ4n) is 4.10. The summed E-state index contributed by atoms with van der Waals surface area (Å²) in [6.45, 7) is 4.89. The maximum atomic E-state index is 12.6.